The van der Waals surface area contributed by atoms with E-state index in [1.54, 1.807) is 18.2 Å². The van der Waals surface area contributed by atoms with Crippen LogP contribution in [0.4, 0.5) is 0 Å². The second-order valence-corrected chi connectivity index (χ2v) is 6.30. The van der Waals surface area contributed by atoms with Crippen LogP contribution in [-0.2, 0) is 14.6 Å². The van der Waals surface area contributed by atoms with Crippen LogP contribution in [0.1, 0.15) is 6.42 Å². The van der Waals surface area contributed by atoms with Gasteiger partial charge in [-0.25, -0.2) is 8.42 Å². The first-order chi connectivity index (χ1) is 7.95. The van der Waals surface area contributed by atoms with Crippen molar-refractivity contribution in [2.45, 2.75) is 16.6 Å². The molecule has 0 heterocycles. The Labute approximate surface area is 98.6 Å². The molecule has 0 spiro atoms. The van der Waals surface area contributed by atoms with Crippen LogP contribution in [0.2, 0.25) is 0 Å². The maximum Gasteiger partial charge on any atom is 0.313 e. The first kappa shape index (κ1) is 12.1. The lowest BCUT2D eigenvalue weighted by molar-refractivity contribution is -0.144. The Morgan fingerprint density at radius 2 is 1.94 bits per heavy atom. The van der Waals surface area contributed by atoms with Crippen LogP contribution in [0.15, 0.2) is 35.2 Å². The Morgan fingerprint density at radius 3 is 2.35 bits per heavy atom. The van der Waals surface area contributed by atoms with Crippen molar-refractivity contribution in [2.24, 2.45) is 5.41 Å². The number of carboxylic acid groups (broad SMARTS) is 1. The van der Waals surface area contributed by atoms with Crippen molar-refractivity contribution in [2.75, 3.05) is 6.61 Å². The van der Waals surface area contributed by atoms with E-state index in [0.717, 1.165) is 0 Å². The van der Waals surface area contributed by atoms with Crippen molar-refractivity contribution in [1.29, 1.82) is 0 Å². The van der Waals surface area contributed by atoms with Gasteiger partial charge in [-0.2, -0.15) is 0 Å². The van der Waals surface area contributed by atoms with Gasteiger partial charge in [0.25, 0.3) is 0 Å². The molecule has 5 nitrogen and oxygen atoms in total. The number of hydrogen-bond acceptors (Lipinski definition) is 4. The second kappa shape index (κ2) is 3.82. The number of benzene rings is 1. The largest absolute Gasteiger partial charge is 0.481 e. The minimum atomic E-state index is -3.67. The van der Waals surface area contributed by atoms with Gasteiger partial charge in [0.15, 0.2) is 9.84 Å². The number of rotatable bonds is 4. The van der Waals surface area contributed by atoms with E-state index in [-0.39, 0.29) is 11.3 Å². The van der Waals surface area contributed by atoms with Crippen molar-refractivity contribution in [3.05, 3.63) is 30.3 Å². The SMILES string of the molecule is O=C(O)[C@@]1(CO)C[C@@H]1S(=O)(=O)c1ccccc1. The fraction of sp³-hybridized carbons (Fsp3) is 0.364. The van der Waals surface area contributed by atoms with Gasteiger partial charge in [0.2, 0.25) is 0 Å². The molecule has 2 N–H and O–H groups in total. The number of carbonyl (C=O) groups is 1. The van der Waals surface area contributed by atoms with Crippen molar-refractivity contribution >= 4 is 15.8 Å². The first-order valence-corrected chi connectivity index (χ1v) is 6.63. The third kappa shape index (κ3) is 1.73. The molecule has 0 aliphatic heterocycles. The normalized spacial score (nSPS) is 27.7. The van der Waals surface area contributed by atoms with E-state index in [9.17, 15) is 13.2 Å². The maximum atomic E-state index is 12.1. The lowest BCUT2D eigenvalue weighted by Crippen LogP contribution is -2.27. The van der Waals surface area contributed by atoms with Crippen LogP contribution in [0, 0.1) is 5.41 Å². The highest BCUT2D eigenvalue weighted by molar-refractivity contribution is 7.92. The van der Waals surface area contributed by atoms with Crippen LogP contribution >= 0.6 is 0 Å². The van der Waals surface area contributed by atoms with Gasteiger partial charge in [0, 0.05) is 0 Å². The van der Waals surface area contributed by atoms with Crippen molar-refractivity contribution in [3.63, 3.8) is 0 Å². The highest BCUT2D eigenvalue weighted by Crippen LogP contribution is 2.52. The van der Waals surface area contributed by atoms with Crippen molar-refractivity contribution in [3.8, 4) is 0 Å². The molecule has 0 saturated heterocycles. The van der Waals surface area contributed by atoms with Crippen molar-refractivity contribution < 1.29 is 23.4 Å². The lowest BCUT2D eigenvalue weighted by atomic mass is 10.1. The zero-order valence-corrected chi connectivity index (χ0v) is 9.72. The Morgan fingerprint density at radius 1 is 1.35 bits per heavy atom. The van der Waals surface area contributed by atoms with Gasteiger partial charge < -0.3 is 10.2 Å². The predicted octanol–water partition coefficient (Wildman–Crippen LogP) is 0.296. The molecule has 17 heavy (non-hydrogen) atoms. The molecule has 0 unspecified atom stereocenters. The molecule has 92 valence electrons. The number of aliphatic hydroxyl groups is 1. The predicted molar refractivity (Wildman–Crippen MR) is 59.2 cm³/mol. The van der Waals surface area contributed by atoms with Gasteiger partial charge in [0.05, 0.1) is 16.8 Å². The summed E-state index contributed by atoms with van der Waals surface area (Å²) in [4.78, 5) is 11.1. The highest BCUT2D eigenvalue weighted by Gasteiger charge is 2.66. The molecule has 0 aromatic heterocycles. The van der Waals surface area contributed by atoms with Crippen LogP contribution in [-0.4, -0.2) is 36.5 Å². The number of aliphatic hydroxyl groups excluding tert-OH is 1. The molecule has 2 rings (SSSR count). The molecule has 6 heteroatoms. The second-order valence-electron chi connectivity index (χ2n) is 4.17. The van der Waals surface area contributed by atoms with Gasteiger partial charge in [-0.1, -0.05) is 18.2 Å². The molecule has 1 aliphatic rings. The third-order valence-corrected chi connectivity index (χ3v) is 5.46. The Bertz CT molecular complexity index is 536. The summed E-state index contributed by atoms with van der Waals surface area (Å²) >= 11 is 0. The maximum absolute atomic E-state index is 12.1. The lowest BCUT2D eigenvalue weighted by Gasteiger charge is -2.09. The van der Waals surface area contributed by atoms with Gasteiger partial charge >= 0.3 is 5.97 Å². The quantitative estimate of drug-likeness (QED) is 0.808. The highest BCUT2D eigenvalue weighted by atomic mass is 32.2. The molecule has 1 saturated carbocycles. The van der Waals surface area contributed by atoms with Crippen LogP contribution < -0.4 is 0 Å². The fourth-order valence-corrected chi connectivity index (χ4v) is 4.06. The monoisotopic (exact) mass is 256 g/mol. The smallest absolute Gasteiger partial charge is 0.313 e. The molecule has 2 atom stereocenters. The van der Waals surface area contributed by atoms with Crippen LogP contribution in [0.5, 0.6) is 0 Å². The van der Waals surface area contributed by atoms with Gasteiger partial charge in [-0.3, -0.25) is 4.79 Å². The summed E-state index contributed by atoms with van der Waals surface area (Å²) < 4.78 is 24.2. The van der Waals surface area contributed by atoms with E-state index in [2.05, 4.69) is 0 Å². The van der Waals surface area contributed by atoms with E-state index in [4.69, 9.17) is 10.2 Å². The Hall–Kier alpha value is -1.40. The molecular formula is C11H12O5S. The molecule has 1 aliphatic carbocycles. The van der Waals surface area contributed by atoms with Crippen LogP contribution in [0.25, 0.3) is 0 Å². The number of sulfone groups is 1. The zero-order chi connectivity index (χ0) is 12.7. The van der Waals surface area contributed by atoms with Gasteiger partial charge in [-0.05, 0) is 18.6 Å². The zero-order valence-electron chi connectivity index (χ0n) is 8.91. The molecule has 0 bridgehead atoms. The molecule has 1 fully saturated rings. The topological polar surface area (TPSA) is 91.7 Å². The van der Waals surface area contributed by atoms with E-state index in [1.165, 1.54) is 12.1 Å². The van der Waals surface area contributed by atoms with Gasteiger partial charge in [-0.15, -0.1) is 0 Å². The Kier molecular flexibility index (Phi) is 2.71. The summed E-state index contributed by atoms with van der Waals surface area (Å²) in [6, 6.07) is 7.70. The van der Waals surface area contributed by atoms with E-state index in [1.807, 2.05) is 0 Å². The molecular weight excluding hydrogens is 244 g/mol. The molecule has 1 aromatic rings. The fourth-order valence-electron chi connectivity index (χ4n) is 1.91. The average molecular weight is 256 g/mol. The average Bonchev–Trinajstić information content (AvgIpc) is 3.07. The minimum Gasteiger partial charge on any atom is -0.481 e. The summed E-state index contributed by atoms with van der Waals surface area (Å²) in [5, 5.41) is 17.0. The molecule has 0 amide bonds. The molecule has 1 aromatic carbocycles. The summed E-state index contributed by atoms with van der Waals surface area (Å²) in [6.07, 6.45) is -0.0317. The number of aliphatic carboxylic acids is 1. The van der Waals surface area contributed by atoms with E-state index in [0.29, 0.717) is 0 Å². The van der Waals surface area contributed by atoms with E-state index < -0.39 is 33.1 Å². The third-order valence-electron chi connectivity index (χ3n) is 3.16. The first-order valence-electron chi connectivity index (χ1n) is 5.08. The summed E-state index contributed by atoms with van der Waals surface area (Å²) in [5.74, 6) is -1.26. The molecule has 0 radical (unpaired) electrons. The summed E-state index contributed by atoms with van der Waals surface area (Å²) in [7, 11) is -3.67. The van der Waals surface area contributed by atoms with Gasteiger partial charge in [0.1, 0.15) is 5.41 Å². The Balaban J connectivity index is 2.36. The number of carboxylic acids is 1. The summed E-state index contributed by atoms with van der Waals surface area (Å²) in [6.45, 7) is -0.654. The standard InChI is InChI=1S/C11H12O5S/c12-7-11(10(13)14)6-9(11)17(15,16)8-4-2-1-3-5-8/h1-5,9,12H,6-7H2,(H,13,14)/t9-,11+/m0/s1. The summed E-state index contributed by atoms with van der Waals surface area (Å²) in [5.41, 5.74) is -1.52. The number of hydrogen-bond donors (Lipinski definition) is 2. The van der Waals surface area contributed by atoms with Crippen molar-refractivity contribution in [1.82, 2.24) is 0 Å². The minimum absolute atomic E-state index is 0.0317. The van der Waals surface area contributed by atoms with E-state index >= 15 is 0 Å². The van der Waals surface area contributed by atoms with Crippen LogP contribution in [0.3, 0.4) is 0 Å².